The fourth-order valence-electron chi connectivity index (χ4n) is 0.979. The van der Waals surface area contributed by atoms with Crippen molar-refractivity contribution in [3.05, 3.63) is 40.0 Å². The van der Waals surface area contributed by atoms with Crippen LogP contribution in [-0.4, -0.2) is 17.8 Å². The summed E-state index contributed by atoms with van der Waals surface area (Å²) >= 11 is 2.16. The van der Waals surface area contributed by atoms with Crippen molar-refractivity contribution in [2.75, 3.05) is 6.61 Å². The van der Waals surface area contributed by atoms with Gasteiger partial charge in [0.05, 0.1) is 6.10 Å². The number of ether oxygens (including phenoxy) is 1. The van der Waals surface area contributed by atoms with Gasteiger partial charge in [0, 0.05) is 3.58 Å². The normalized spacial score (nSPS) is 13.8. The standard InChI is InChI=1S/C11H13IO2/c1-9(13)7-10(12)8-14-11-5-3-2-4-6-11/h2-7,9,13H,8H2,1H3/b10-7-. The average Bonchev–Trinajstić information content (AvgIpc) is 2.15. The number of hydrogen-bond acceptors (Lipinski definition) is 2. The molecular weight excluding hydrogens is 291 g/mol. The maximum Gasteiger partial charge on any atom is 0.119 e. The van der Waals surface area contributed by atoms with Crippen LogP contribution >= 0.6 is 22.6 Å². The molecule has 0 spiro atoms. The Balaban J connectivity index is 2.42. The molecule has 0 radical (unpaired) electrons. The fraction of sp³-hybridized carbons (Fsp3) is 0.273. The summed E-state index contributed by atoms with van der Waals surface area (Å²) in [5.74, 6) is 0.848. The van der Waals surface area contributed by atoms with E-state index in [2.05, 4.69) is 22.6 Å². The molecule has 0 aliphatic rings. The zero-order chi connectivity index (χ0) is 10.4. The van der Waals surface area contributed by atoms with Crippen LogP contribution in [0, 0.1) is 0 Å². The van der Waals surface area contributed by atoms with Crippen molar-refractivity contribution in [2.45, 2.75) is 13.0 Å². The van der Waals surface area contributed by atoms with Crippen LogP contribution in [0.2, 0.25) is 0 Å². The minimum absolute atomic E-state index is 0.415. The second-order valence-electron chi connectivity index (χ2n) is 2.96. The summed E-state index contributed by atoms with van der Waals surface area (Å²) in [4.78, 5) is 0. The molecule has 0 saturated heterocycles. The molecule has 0 fully saturated rings. The van der Waals surface area contributed by atoms with Gasteiger partial charge in [0.15, 0.2) is 0 Å². The van der Waals surface area contributed by atoms with Gasteiger partial charge < -0.3 is 9.84 Å². The first-order chi connectivity index (χ1) is 6.68. The highest BCUT2D eigenvalue weighted by molar-refractivity contribution is 14.1. The van der Waals surface area contributed by atoms with Gasteiger partial charge in [-0.25, -0.2) is 0 Å². The third-order valence-electron chi connectivity index (χ3n) is 1.54. The molecule has 0 aromatic heterocycles. The summed E-state index contributed by atoms with van der Waals surface area (Å²) in [5, 5.41) is 9.08. The molecule has 1 rings (SSSR count). The van der Waals surface area contributed by atoms with Crippen LogP contribution in [0.4, 0.5) is 0 Å². The Morgan fingerprint density at radius 1 is 1.50 bits per heavy atom. The first-order valence-electron chi connectivity index (χ1n) is 4.40. The average molecular weight is 304 g/mol. The number of halogens is 1. The second-order valence-corrected chi connectivity index (χ2v) is 4.34. The minimum Gasteiger partial charge on any atom is -0.488 e. The summed E-state index contributed by atoms with van der Waals surface area (Å²) in [6.45, 7) is 2.23. The highest BCUT2D eigenvalue weighted by Crippen LogP contribution is 2.13. The quantitative estimate of drug-likeness (QED) is 0.867. The molecule has 0 aliphatic carbocycles. The highest BCUT2D eigenvalue weighted by atomic mass is 127. The molecule has 1 aromatic rings. The third-order valence-corrected chi connectivity index (χ3v) is 2.21. The molecule has 0 aliphatic heterocycles. The highest BCUT2D eigenvalue weighted by Gasteiger charge is 1.96. The van der Waals surface area contributed by atoms with E-state index in [1.165, 1.54) is 0 Å². The maximum atomic E-state index is 9.08. The Morgan fingerprint density at radius 3 is 2.71 bits per heavy atom. The summed E-state index contributed by atoms with van der Waals surface area (Å²) in [7, 11) is 0. The molecule has 0 heterocycles. The van der Waals surface area contributed by atoms with E-state index in [-0.39, 0.29) is 0 Å². The van der Waals surface area contributed by atoms with E-state index in [1.807, 2.05) is 30.3 Å². The van der Waals surface area contributed by atoms with Crippen LogP contribution in [0.5, 0.6) is 5.75 Å². The van der Waals surface area contributed by atoms with Crippen molar-refractivity contribution in [1.82, 2.24) is 0 Å². The van der Waals surface area contributed by atoms with Crippen LogP contribution < -0.4 is 4.74 Å². The van der Waals surface area contributed by atoms with Crippen LogP contribution in [0.3, 0.4) is 0 Å². The molecule has 1 aromatic carbocycles. The van der Waals surface area contributed by atoms with Crippen molar-refractivity contribution in [2.24, 2.45) is 0 Å². The number of rotatable bonds is 4. The lowest BCUT2D eigenvalue weighted by Gasteiger charge is -2.05. The minimum atomic E-state index is -0.415. The van der Waals surface area contributed by atoms with E-state index in [0.717, 1.165) is 9.33 Å². The predicted molar refractivity (Wildman–Crippen MR) is 65.7 cm³/mol. The van der Waals surface area contributed by atoms with Crippen LogP contribution in [0.25, 0.3) is 0 Å². The lowest BCUT2D eigenvalue weighted by Crippen LogP contribution is -2.00. The molecule has 76 valence electrons. The van der Waals surface area contributed by atoms with E-state index >= 15 is 0 Å². The summed E-state index contributed by atoms with van der Waals surface area (Å²) in [6.07, 6.45) is 1.35. The molecule has 1 atom stereocenters. The van der Waals surface area contributed by atoms with Crippen molar-refractivity contribution < 1.29 is 9.84 Å². The van der Waals surface area contributed by atoms with Gasteiger partial charge in [0.2, 0.25) is 0 Å². The van der Waals surface area contributed by atoms with Crippen LogP contribution in [0.1, 0.15) is 6.92 Å². The van der Waals surface area contributed by atoms with Crippen molar-refractivity contribution in [3.8, 4) is 5.75 Å². The largest absolute Gasteiger partial charge is 0.488 e. The predicted octanol–water partition coefficient (Wildman–Crippen LogP) is 2.77. The molecule has 1 unspecified atom stereocenters. The molecule has 2 nitrogen and oxygen atoms in total. The monoisotopic (exact) mass is 304 g/mol. The third kappa shape index (κ3) is 4.62. The number of hydrogen-bond donors (Lipinski definition) is 1. The first-order valence-corrected chi connectivity index (χ1v) is 5.48. The molecule has 3 heteroatoms. The Labute approximate surface area is 97.7 Å². The van der Waals surface area contributed by atoms with Gasteiger partial charge in [-0.05, 0) is 47.7 Å². The van der Waals surface area contributed by atoms with E-state index in [1.54, 1.807) is 13.0 Å². The Bertz CT molecular complexity index is 293. The van der Waals surface area contributed by atoms with Crippen molar-refractivity contribution in [3.63, 3.8) is 0 Å². The lowest BCUT2D eigenvalue weighted by molar-refractivity contribution is 0.242. The first kappa shape index (κ1) is 11.5. The zero-order valence-corrected chi connectivity index (χ0v) is 10.1. The summed E-state index contributed by atoms with van der Waals surface area (Å²) < 4.78 is 6.48. The van der Waals surface area contributed by atoms with Crippen molar-refractivity contribution >= 4 is 22.6 Å². The Kier molecular flexibility index (Phi) is 4.97. The van der Waals surface area contributed by atoms with Gasteiger partial charge in [0.1, 0.15) is 12.4 Å². The van der Waals surface area contributed by atoms with E-state index in [9.17, 15) is 0 Å². The van der Waals surface area contributed by atoms with Gasteiger partial charge in [0.25, 0.3) is 0 Å². The Morgan fingerprint density at radius 2 is 2.14 bits per heavy atom. The topological polar surface area (TPSA) is 29.5 Å². The van der Waals surface area contributed by atoms with Gasteiger partial charge in [-0.1, -0.05) is 18.2 Å². The number of para-hydroxylation sites is 1. The smallest absolute Gasteiger partial charge is 0.119 e. The fourth-order valence-corrected chi connectivity index (χ4v) is 1.65. The maximum absolute atomic E-state index is 9.08. The number of aliphatic hydroxyl groups excluding tert-OH is 1. The molecule has 14 heavy (non-hydrogen) atoms. The Hall–Kier alpha value is -0.550. The SMILES string of the molecule is CC(O)/C=C(\I)COc1ccccc1. The molecule has 0 amide bonds. The van der Waals surface area contributed by atoms with E-state index < -0.39 is 6.10 Å². The van der Waals surface area contributed by atoms with Crippen LogP contribution in [0.15, 0.2) is 40.0 Å². The van der Waals surface area contributed by atoms with Crippen LogP contribution in [-0.2, 0) is 0 Å². The molecule has 0 saturated carbocycles. The lowest BCUT2D eigenvalue weighted by atomic mass is 10.3. The molecular formula is C11H13IO2. The van der Waals surface area contributed by atoms with E-state index in [0.29, 0.717) is 6.61 Å². The zero-order valence-electron chi connectivity index (χ0n) is 7.98. The summed E-state index contributed by atoms with van der Waals surface area (Å²) in [6, 6.07) is 9.63. The summed E-state index contributed by atoms with van der Waals surface area (Å²) in [5.41, 5.74) is 0. The van der Waals surface area contributed by atoms with Gasteiger partial charge in [-0.3, -0.25) is 0 Å². The second kappa shape index (κ2) is 6.03. The van der Waals surface area contributed by atoms with Gasteiger partial charge in [-0.15, -0.1) is 0 Å². The number of aliphatic hydroxyl groups is 1. The molecule has 0 bridgehead atoms. The van der Waals surface area contributed by atoms with Gasteiger partial charge >= 0.3 is 0 Å². The van der Waals surface area contributed by atoms with E-state index in [4.69, 9.17) is 9.84 Å². The van der Waals surface area contributed by atoms with Gasteiger partial charge in [-0.2, -0.15) is 0 Å². The van der Waals surface area contributed by atoms with Crippen molar-refractivity contribution in [1.29, 1.82) is 0 Å². The molecule has 1 N–H and O–H groups in total. The number of benzene rings is 1.